The van der Waals surface area contributed by atoms with Crippen LogP contribution in [0.15, 0.2) is 46.9 Å². The fourth-order valence-electron chi connectivity index (χ4n) is 1.55. The van der Waals surface area contributed by atoms with E-state index in [1.54, 1.807) is 18.2 Å². The van der Waals surface area contributed by atoms with E-state index in [4.69, 9.17) is 27.5 Å². The van der Waals surface area contributed by atoms with E-state index in [0.29, 0.717) is 22.9 Å². The molecule has 0 unspecified atom stereocenters. The van der Waals surface area contributed by atoms with Crippen molar-refractivity contribution in [3.05, 3.63) is 63.1 Å². The molecule has 0 aliphatic carbocycles. The molecule has 0 saturated heterocycles. The summed E-state index contributed by atoms with van der Waals surface area (Å²) in [5, 5.41) is 8.10. The van der Waals surface area contributed by atoms with Crippen LogP contribution in [0, 0.1) is 5.41 Å². The molecule has 0 amide bonds. The second kappa shape index (κ2) is 6.08. The fraction of sp³-hybridized carbons (Fsp3) is 0.0714. The van der Waals surface area contributed by atoms with Gasteiger partial charge in [0.25, 0.3) is 0 Å². The maximum atomic E-state index is 7.40. The highest BCUT2D eigenvalue weighted by Crippen LogP contribution is 2.23. The van der Waals surface area contributed by atoms with Gasteiger partial charge in [-0.1, -0.05) is 23.7 Å². The van der Waals surface area contributed by atoms with Gasteiger partial charge in [-0.2, -0.15) is 0 Å². The second-order valence-electron chi connectivity index (χ2n) is 3.97. The highest BCUT2D eigenvalue weighted by molar-refractivity contribution is 9.10. The van der Waals surface area contributed by atoms with Crippen molar-refractivity contribution in [2.24, 2.45) is 5.73 Å². The average Bonchev–Trinajstić information content (AvgIpc) is 2.37. The molecule has 0 bridgehead atoms. The Hall–Kier alpha value is -1.52. The molecule has 0 radical (unpaired) electrons. The largest absolute Gasteiger partial charge is 0.489 e. The van der Waals surface area contributed by atoms with Gasteiger partial charge >= 0.3 is 0 Å². The number of halogens is 2. The Bertz CT molecular complexity index is 599. The van der Waals surface area contributed by atoms with Crippen LogP contribution in [-0.2, 0) is 6.61 Å². The summed E-state index contributed by atoms with van der Waals surface area (Å²) in [6, 6.07) is 12.8. The molecule has 98 valence electrons. The molecule has 0 aromatic heterocycles. The number of nitrogen functional groups attached to an aromatic ring is 1. The molecule has 3 nitrogen and oxygen atoms in total. The molecule has 0 saturated carbocycles. The van der Waals surface area contributed by atoms with Gasteiger partial charge in [-0.25, -0.2) is 0 Å². The van der Waals surface area contributed by atoms with E-state index in [-0.39, 0.29) is 5.84 Å². The van der Waals surface area contributed by atoms with Crippen LogP contribution in [0.4, 0.5) is 0 Å². The molecule has 0 fully saturated rings. The average molecular weight is 340 g/mol. The molecular weight excluding hydrogens is 328 g/mol. The van der Waals surface area contributed by atoms with Crippen LogP contribution in [0.5, 0.6) is 5.75 Å². The van der Waals surface area contributed by atoms with Gasteiger partial charge in [0.05, 0.1) is 0 Å². The summed E-state index contributed by atoms with van der Waals surface area (Å²) in [7, 11) is 0. The second-order valence-corrected chi connectivity index (χ2v) is 5.26. The van der Waals surface area contributed by atoms with Gasteiger partial charge in [0.1, 0.15) is 18.2 Å². The van der Waals surface area contributed by atoms with E-state index in [1.165, 1.54) is 0 Å². The van der Waals surface area contributed by atoms with E-state index in [1.807, 2.05) is 24.3 Å². The van der Waals surface area contributed by atoms with Crippen LogP contribution in [0.3, 0.4) is 0 Å². The summed E-state index contributed by atoms with van der Waals surface area (Å²) in [5.41, 5.74) is 7.13. The fourth-order valence-corrected chi connectivity index (χ4v) is 2.25. The lowest BCUT2D eigenvalue weighted by Crippen LogP contribution is -2.11. The van der Waals surface area contributed by atoms with Gasteiger partial charge in [-0.15, -0.1) is 0 Å². The standard InChI is InChI=1S/C14H12BrClN2O/c15-13-7-11(5-6-12(13)14(17)18)19-8-9-1-3-10(16)4-2-9/h1-7H,8H2,(H3,17,18). The number of hydrogen-bond donors (Lipinski definition) is 2. The molecule has 0 heterocycles. The van der Waals surface area contributed by atoms with Crippen molar-refractivity contribution in [2.75, 3.05) is 0 Å². The zero-order valence-electron chi connectivity index (χ0n) is 9.99. The lowest BCUT2D eigenvalue weighted by molar-refractivity contribution is 0.306. The number of rotatable bonds is 4. The highest BCUT2D eigenvalue weighted by Gasteiger charge is 2.05. The van der Waals surface area contributed by atoms with Gasteiger partial charge in [0.15, 0.2) is 0 Å². The van der Waals surface area contributed by atoms with Crippen LogP contribution >= 0.6 is 27.5 Å². The first kappa shape index (κ1) is 13.9. The summed E-state index contributed by atoms with van der Waals surface area (Å²) in [6.07, 6.45) is 0. The van der Waals surface area contributed by atoms with Gasteiger partial charge in [0.2, 0.25) is 0 Å². The van der Waals surface area contributed by atoms with Crippen molar-refractivity contribution in [1.29, 1.82) is 5.41 Å². The van der Waals surface area contributed by atoms with Gasteiger partial charge in [-0.05, 0) is 51.8 Å². The van der Waals surface area contributed by atoms with Gasteiger partial charge in [-0.3, -0.25) is 5.41 Å². The lowest BCUT2D eigenvalue weighted by atomic mass is 10.2. The number of benzene rings is 2. The normalized spacial score (nSPS) is 10.2. The molecule has 3 N–H and O–H groups in total. The third-order valence-corrected chi connectivity index (χ3v) is 3.46. The predicted molar refractivity (Wildman–Crippen MR) is 80.9 cm³/mol. The molecule has 0 atom stereocenters. The van der Waals surface area contributed by atoms with Crippen molar-refractivity contribution in [3.8, 4) is 5.75 Å². The lowest BCUT2D eigenvalue weighted by Gasteiger charge is -2.09. The number of nitrogens with two attached hydrogens (primary N) is 1. The third kappa shape index (κ3) is 3.72. The van der Waals surface area contributed by atoms with E-state index < -0.39 is 0 Å². The van der Waals surface area contributed by atoms with Crippen LogP contribution in [0.25, 0.3) is 0 Å². The predicted octanol–water partition coefficient (Wildman–Crippen LogP) is 3.97. The van der Waals surface area contributed by atoms with Crippen molar-refractivity contribution in [2.45, 2.75) is 6.61 Å². The van der Waals surface area contributed by atoms with E-state index >= 15 is 0 Å². The van der Waals surface area contributed by atoms with E-state index in [9.17, 15) is 0 Å². The van der Waals surface area contributed by atoms with Gasteiger partial charge < -0.3 is 10.5 Å². The van der Waals surface area contributed by atoms with E-state index in [0.717, 1.165) is 10.0 Å². The molecule has 0 aliphatic heterocycles. The monoisotopic (exact) mass is 338 g/mol. The van der Waals surface area contributed by atoms with Crippen LogP contribution in [0.2, 0.25) is 5.02 Å². The number of ether oxygens (including phenoxy) is 1. The molecule has 19 heavy (non-hydrogen) atoms. The van der Waals surface area contributed by atoms with Crippen LogP contribution < -0.4 is 10.5 Å². The first-order valence-electron chi connectivity index (χ1n) is 5.57. The van der Waals surface area contributed by atoms with Crippen molar-refractivity contribution >= 4 is 33.4 Å². The number of nitrogens with one attached hydrogen (secondary N) is 1. The summed E-state index contributed by atoms with van der Waals surface area (Å²) in [5.74, 6) is 0.739. The minimum atomic E-state index is 0.0242. The SMILES string of the molecule is N=C(N)c1ccc(OCc2ccc(Cl)cc2)cc1Br. The summed E-state index contributed by atoms with van der Waals surface area (Å²) in [6.45, 7) is 0.461. The quantitative estimate of drug-likeness (QED) is 0.654. The summed E-state index contributed by atoms with van der Waals surface area (Å²) in [4.78, 5) is 0. The Labute approximate surface area is 125 Å². The molecule has 0 spiro atoms. The maximum Gasteiger partial charge on any atom is 0.123 e. The molecule has 2 rings (SSSR count). The minimum absolute atomic E-state index is 0.0242. The topological polar surface area (TPSA) is 59.1 Å². The number of hydrogen-bond acceptors (Lipinski definition) is 2. The van der Waals surface area contributed by atoms with Gasteiger partial charge in [0, 0.05) is 15.1 Å². The maximum absolute atomic E-state index is 7.40. The summed E-state index contributed by atoms with van der Waals surface area (Å²) >= 11 is 9.18. The molecule has 5 heteroatoms. The smallest absolute Gasteiger partial charge is 0.123 e. The van der Waals surface area contributed by atoms with E-state index in [2.05, 4.69) is 15.9 Å². The Morgan fingerprint density at radius 1 is 1.21 bits per heavy atom. The molecule has 0 aliphatic rings. The van der Waals surface area contributed by atoms with Crippen molar-refractivity contribution in [1.82, 2.24) is 0 Å². The van der Waals surface area contributed by atoms with Crippen molar-refractivity contribution in [3.63, 3.8) is 0 Å². The first-order valence-corrected chi connectivity index (χ1v) is 6.74. The van der Waals surface area contributed by atoms with Crippen molar-refractivity contribution < 1.29 is 4.74 Å². The highest BCUT2D eigenvalue weighted by atomic mass is 79.9. The Kier molecular flexibility index (Phi) is 4.45. The first-order chi connectivity index (χ1) is 9.06. The Balaban J connectivity index is 2.06. The zero-order valence-corrected chi connectivity index (χ0v) is 12.3. The number of amidine groups is 1. The minimum Gasteiger partial charge on any atom is -0.489 e. The Morgan fingerprint density at radius 3 is 2.47 bits per heavy atom. The summed E-state index contributed by atoms with van der Waals surface area (Å²) < 4.78 is 6.41. The van der Waals surface area contributed by atoms with Crippen LogP contribution in [0.1, 0.15) is 11.1 Å². The molecule has 2 aromatic rings. The van der Waals surface area contributed by atoms with Crippen LogP contribution in [-0.4, -0.2) is 5.84 Å². The Morgan fingerprint density at radius 2 is 1.89 bits per heavy atom. The third-order valence-electron chi connectivity index (χ3n) is 2.55. The molecule has 2 aromatic carbocycles. The molecular formula is C14H12BrClN2O. The zero-order chi connectivity index (χ0) is 13.8.